The lowest BCUT2D eigenvalue weighted by Gasteiger charge is -2.17. The molecule has 146 valence electrons. The summed E-state index contributed by atoms with van der Waals surface area (Å²) in [5.74, 6) is 0.740. The number of nitrogens with zero attached hydrogens (tertiary/aromatic N) is 4. The van der Waals surface area contributed by atoms with Gasteiger partial charge in [-0.25, -0.2) is 4.68 Å². The molecule has 0 aliphatic rings. The zero-order chi connectivity index (χ0) is 19.8. The molecule has 0 unspecified atom stereocenters. The molecule has 3 aromatic rings. The summed E-state index contributed by atoms with van der Waals surface area (Å²) in [6.45, 7) is 1.05. The van der Waals surface area contributed by atoms with Gasteiger partial charge in [0.1, 0.15) is 12.1 Å². The fraction of sp³-hybridized carbons (Fsp3) is 0.300. The number of benzene rings is 2. The van der Waals surface area contributed by atoms with Crippen molar-refractivity contribution in [2.45, 2.75) is 25.3 Å². The van der Waals surface area contributed by atoms with Crippen LogP contribution in [0.1, 0.15) is 23.5 Å². The van der Waals surface area contributed by atoms with E-state index >= 15 is 0 Å². The average Bonchev–Trinajstić information content (AvgIpc) is 3.21. The summed E-state index contributed by atoms with van der Waals surface area (Å²) in [6.07, 6.45) is 2.57. The molecule has 0 radical (unpaired) electrons. The maximum Gasteiger partial charge on any atom is 0.220 e. The Morgan fingerprint density at radius 1 is 1.21 bits per heavy atom. The first-order valence-electron chi connectivity index (χ1n) is 9.00. The lowest BCUT2D eigenvalue weighted by atomic mass is 9.95. The minimum Gasteiger partial charge on any atom is -0.496 e. The number of rotatable bonds is 9. The Balaban J connectivity index is 1.59. The monoisotopic (exact) mass is 399 g/mol. The third-order valence-electron chi connectivity index (χ3n) is 4.48. The van der Waals surface area contributed by atoms with Crippen LogP contribution in [0.25, 0.3) is 0 Å². The largest absolute Gasteiger partial charge is 0.496 e. The molecule has 0 aliphatic heterocycles. The van der Waals surface area contributed by atoms with Crippen molar-refractivity contribution >= 4 is 17.5 Å². The molecule has 7 nitrogen and oxygen atoms in total. The highest BCUT2D eigenvalue weighted by atomic mass is 35.5. The number of para-hydroxylation sites is 1. The van der Waals surface area contributed by atoms with Crippen LogP contribution in [0, 0.1) is 0 Å². The molecule has 1 amide bonds. The van der Waals surface area contributed by atoms with Gasteiger partial charge in [0.15, 0.2) is 0 Å². The van der Waals surface area contributed by atoms with Gasteiger partial charge in [0.05, 0.1) is 13.7 Å². The van der Waals surface area contributed by atoms with Crippen molar-refractivity contribution < 1.29 is 9.53 Å². The minimum absolute atomic E-state index is 0.0251. The van der Waals surface area contributed by atoms with E-state index in [-0.39, 0.29) is 11.8 Å². The van der Waals surface area contributed by atoms with Crippen LogP contribution in [0.5, 0.6) is 5.75 Å². The number of halogens is 1. The second-order valence-electron chi connectivity index (χ2n) is 6.40. The Morgan fingerprint density at radius 3 is 2.71 bits per heavy atom. The van der Waals surface area contributed by atoms with E-state index in [4.69, 9.17) is 16.3 Å². The summed E-state index contributed by atoms with van der Waals surface area (Å²) in [4.78, 5) is 12.5. The summed E-state index contributed by atoms with van der Waals surface area (Å²) in [5.41, 5.74) is 2.08. The van der Waals surface area contributed by atoms with Crippen LogP contribution >= 0.6 is 11.6 Å². The van der Waals surface area contributed by atoms with Crippen LogP contribution in [0.15, 0.2) is 54.9 Å². The van der Waals surface area contributed by atoms with Crippen LogP contribution in [0.4, 0.5) is 0 Å². The van der Waals surface area contributed by atoms with E-state index in [2.05, 4.69) is 20.8 Å². The van der Waals surface area contributed by atoms with E-state index in [1.807, 2.05) is 48.5 Å². The van der Waals surface area contributed by atoms with Gasteiger partial charge >= 0.3 is 0 Å². The Bertz CT molecular complexity index is 884. The highest BCUT2D eigenvalue weighted by Gasteiger charge is 2.17. The quantitative estimate of drug-likeness (QED) is 0.598. The molecular weight excluding hydrogens is 378 g/mol. The van der Waals surface area contributed by atoms with Gasteiger partial charge in [0.25, 0.3) is 0 Å². The molecule has 1 N–H and O–H groups in total. The first-order valence-corrected chi connectivity index (χ1v) is 9.38. The van der Waals surface area contributed by atoms with Gasteiger partial charge in [-0.2, -0.15) is 0 Å². The Kier molecular flexibility index (Phi) is 6.97. The van der Waals surface area contributed by atoms with E-state index in [9.17, 15) is 4.79 Å². The number of carbonyl (C=O) groups is 1. The first-order chi connectivity index (χ1) is 13.7. The molecule has 1 atom stereocenters. The predicted octanol–water partition coefficient (Wildman–Crippen LogP) is 2.87. The van der Waals surface area contributed by atoms with Gasteiger partial charge in [-0.1, -0.05) is 41.9 Å². The van der Waals surface area contributed by atoms with E-state index in [0.717, 1.165) is 16.9 Å². The van der Waals surface area contributed by atoms with Crippen molar-refractivity contribution in [3.63, 3.8) is 0 Å². The van der Waals surface area contributed by atoms with Crippen LogP contribution < -0.4 is 10.1 Å². The SMILES string of the molecule is COc1ccccc1CCNC(=O)C[C@@H](Cn1cnnn1)c1ccc(Cl)cc1. The second-order valence-corrected chi connectivity index (χ2v) is 6.83. The number of methoxy groups -OCH3 is 1. The number of carbonyl (C=O) groups excluding carboxylic acids is 1. The van der Waals surface area contributed by atoms with Gasteiger partial charge in [0.2, 0.25) is 5.91 Å². The number of ether oxygens (including phenoxy) is 1. The molecule has 0 saturated carbocycles. The average molecular weight is 400 g/mol. The molecular formula is C20H22ClN5O2. The van der Waals surface area contributed by atoms with Gasteiger partial charge in [-0.15, -0.1) is 5.10 Å². The van der Waals surface area contributed by atoms with E-state index in [0.29, 0.717) is 31.0 Å². The summed E-state index contributed by atoms with van der Waals surface area (Å²) >= 11 is 5.99. The zero-order valence-corrected chi connectivity index (χ0v) is 16.3. The Labute approximate surface area is 168 Å². The normalized spacial score (nSPS) is 11.8. The van der Waals surface area contributed by atoms with Crippen LogP contribution in [0.2, 0.25) is 5.02 Å². The molecule has 0 aliphatic carbocycles. The molecule has 0 saturated heterocycles. The molecule has 2 aromatic carbocycles. The highest BCUT2D eigenvalue weighted by Crippen LogP contribution is 2.23. The number of nitrogens with one attached hydrogen (secondary N) is 1. The summed E-state index contributed by atoms with van der Waals surface area (Å²) in [7, 11) is 1.65. The summed E-state index contributed by atoms with van der Waals surface area (Å²) in [6, 6.07) is 15.3. The number of hydrogen-bond acceptors (Lipinski definition) is 5. The lowest BCUT2D eigenvalue weighted by molar-refractivity contribution is -0.121. The van der Waals surface area contributed by atoms with Crippen molar-refractivity contribution in [3.8, 4) is 5.75 Å². The number of amides is 1. The molecule has 0 bridgehead atoms. The molecule has 1 aromatic heterocycles. The Morgan fingerprint density at radius 2 is 2.00 bits per heavy atom. The third kappa shape index (κ3) is 5.53. The topological polar surface area (TPSA) is 81.9 Å². The van der Waals surface area contributed by atoms with Gasteiger partial charge in [-0.3, -0.25) is 4.79 Å². The number of aromatic nitrogens is 4. The molecule has 3 rings (SSSR count). The summed E-state index contributed by atoms with van der Waals surface area (Å²) < 4.78 is 6.97. The van der Waals surface area contributed by atoms with Crippen molar-refractivity contribution in [2.24, 2.45) is 0 Å². The van der Waals surface area contributed by atoms with E-state index in [1.165, 1.54) is 0 Å². The Hall–Kier alpha value is -2.93. The number of hydrogen-bond donors (Lipinski definition) is 1. The molecule has 0 fully saturated rings. The van der Waals surface area contributed by atoms with Crippen molar-refractivity contribution in [1.82, 2.24) is 25.5 Å². The highest BCUT2D eigenvalue weighted by molar-refractivity contribution is 6.30. The van der Waals surface area contributed by atoms with Crippen LogP contribution in [0.3, 0.4) is 0 Å². The maximum absolute atomic E-state index is 12.5. The van der Waals surface area contributed by atoms with Crippen LogP contribution in [-0.2, 0) is 17.8 Å². The van der Waals surface area contributed by atoms with Crippen molar-refractivity contribution in [2.75, 3.05) is 13.7 Å². The van der Waals surface area contributed by atoms with Gasteiger partial charge < -0.3 is 10.1 Å². The fourth-order valence-electron chi connectivity index (χ4n) is 3.05. The first kappa shape index (κ1) is 19.8. The lowest BCUT2D eigenvalue weighted by Crippen LogP contribution is -2.28. The molecule has 0 spiro atoms. The maximum atomic E-state index is 12.5. The standard InChI is InChI=1S/C20H22ClN5O2/c1-28-19-5-3-2-4-16(19)10-11-22-20(27)12-17(13-26-14-23-24-25-26)15-6-8-18(21)9-7-15/h2-9,14,17H,10-13H2,1H3,(H,22,27)/t17-/m0/s1. The van der Waals surface area contributed by atoms with Gasteiger partial charge in [-0.05, 0) is 46.2 Å². The molecule has 28 heavy (non-hydrogen) atoms. The summed E-state index contributed by atoms with van der Waals surface area (Å²) in [5, 5.41) is 14.9. The number of tetrazole rings is 1. The second kappa shape index (κ2) is 9.85. The zero-order valence-electron chi connectivity index (χ0n) is 15.6. The molecule has 1 heterocycles. The van der Waals surface area contributed by atoms with Gasteiger partial charge in [0, 0.05) is 23.9 Å². The smallest absolute Gasteiger partial charge is 0.220 e. The van der Waals surface area contributed by atoms with Crippen molar-refractivity contribution in [1.29, 1.82) is 0 Å². The third-order valence-corrected chi connectivity index (χ3v) is 4.73. The van der Waals surface area contributed by atoms with E-state index < -0.39 is 0 Å². The van der Waals surface area contributed by atoms with Crippen LogP contribution in [-0.4, -0.2) is 39.8 Å². The fourth-order valence-corrected chi connectivity index (χ4v) is 3.18. The minimum atomic E-state index is -0.0629. The van der Waals surface area contributed by atoms with Crippen molar-refractivity contribution in [3.05, 3.63) is 71.0 Å². The predicted molar refractivity (Wildman–Crippen MR) is 106 cm³/mol. The molecule has 8 heteroatoms. The van der Waals surface area contributed by atoms with E-state index in [1.54, 1.807) is 18.1 Å².